The van der Waals surface area contributed by atoms with Crippen LogP contribution < -0.4 is 10.1 Å². The summed E-state index contributed by atoms with van der Waals surface area (Å²) in [6.07, 6.45) is 1.04. The van der Waals surface area contributed by atoms with Crippen LogP contribution in [0.2, 0.25) is 0 Å². The maximum absolute atomic E-state index is 14.1. The maximum Gasteiger partial charge on any atom is 0.421 e. The molecule has 5 nitrogen and oxygen atoms in total. The molecule has 3 atom stereocenters. The Hall–Kier alpha value is -3.10. The molecule has 204 valence electrons. The van der Waals surface area contributed by atoms with E-state index >= 15 is 0 Å². The van der Waals surface area contributed by atoms with Crippen molar-refractivity contribution in [2.75, 3.05) is 27.3 Å². The normalized spacial score (nSPS) is 26.3. The number of likely N-dealkylation sites (tertiary alicyclic amines) is 1. The Labute approximate surface area is 222 Å². The van der Waals surface area contributed by atoms with E-state index in [4.69, 9.17) is 9.47 Å². The third kappa shape index (κ3) is 5.38. The lowest BCUT2D eigenvalue weighted by atomic mass is 9.55. The van der Waals surface area contributed by atoms with Crippen molar-refractivity contribution in [3.05, 3.63) is 84.0 Å². The van der Waals surface area contributed by atoms with E-state index in [1.54, 1.807) is 38.5 Å². The molecule has 1 aliphatic heterocycles. The number of amides is 1. The second-order valence-corrected chi connectivity index (χ2v) is 10.1. The first-order valence-corrected chi connectivity index (χ1v) is 12.9. The Morgan fingerprint density at radius 1 is 1.13 bits per heavy atom. The highest BCUT2D eigenvalue weighted by Gasteiger charge is 2.59. The van der Waals surface area contributed by atoms with Crippen molar-refractivity contribution in [3.8, 4) is 5.75 Å². The summed E-state index contributed by atoms with van der Waals surface area (Å²) in [5.74, 6) is -0.450. The Morgan fingerprint density at radius 3 is 2.53 bits per heavy atom. The number of hydrogen-bond donors (Lipinski definition) is 1. The van der Waals surface area contributed by atoms with Crippen LogP contribution in [0, 0.1) is 0 Å². The fourth-order valence-electron chi connectivity index (χ4n) is 6.25. The van der Waals surface area contributed by atoms with E-state index in [0.29, 0.717) is 30.8 Å². The molecule has 1 N–H and O–H groups in total. The summed E-state index contributed by atoms with van der Waals surface area (Å²) in [7, 11) is 3.31. The molecule has 0 bridgehead atoms. The van der Waals surface area contributed by atoms with Gasteiger partial charge in [0.05, 0.1) is 18.9 Å². The van der Waals surface area contributed by atoms with Crippen LogP contribution in [0.3, 0.4) is 0 Å². The first-order chi connectivity index (χ1) is 18.2. The maximum atomic E-state index is 14.1. The Bertz CT molecular complexity index is 1170. The van der Waals surface area contributed by atoms with Crippen molar-refractivity contribution >= 4 is 12.0 Å². The molecule has 1 heterocycles. The van der Waals surface area contributed by atoms with Gasteiger partial charge in [0.1, 0.15) is 11.3 Å². The van der Waals surface area contributed by atoms with E-state index in [9.17, 15) is 18.0 Å². The van der Waals surface area contributed by atoms with E-state index in [2.05, 4.69) is 11.9 Å². The molecule has 8 heteroatoms. The summed E-state index contributed by atoms with van der Waals surface area (Å²) in [6.45, 7) is 4.69. The summed E-state index contributed by atoms with van der Waals surface area (Å²) in [4.78, 5) is 15.2. The summed E-state index contributed by atoms with van der Waals surface area (Å²) in [6, 6.07) is 15.9. The summed E-state index contributed by atoms with van der Waals surface area (Å²) >= 11 is 0. The quantitative estimate of drug-likeness (QED) is 0.344. The molecule has 2 aromatic carbocycles. The SMILES string of the molecule is C=CCN1CC2(OC)CCCC[C@@]2(c2cccc(OC)c2)C[C@H]1NC(=O)C(=Cc1ccccc1)C(F)(F)F. The standard InChI is InChI=1S/C30H35F3N2O3/c1-4-17-35-21-29(38-3)16-9-8-15-28(29,23-13-10-14-24(19-23)37-2)20-26(35)34-27(36)25(30(31,32)33)18-22-11-6-5-7-12-22/h4-7,10-14,18-19,26H,1,8-9,15-17,20-21H2,2-3H3,(H,34,36)/t26-,28-,29?/m0/s1. The molecule has 0 radical (unpaired) electrons. The Kier molecular flexibility index (Phi) is 8.33. The van der Waals surface area contributed by atoms with Crippen molar-refractivity contribution in [1.82, 2.24) is 10.2 Å². The predicted molar refractivity (Wildman–Crippen MR) is 142 cm³/mol. The minimum atomic E-state index is -4.82. The van der Waals surface area contributed by atoms with Gasteiger partial charge in [-0.3, -0.25) is 9.69 Å². The highest BCUT2D eigenvalue weighted by molar-refractivity contribution is 5.99. The van der Waals surface area contributed by atoms with Gasteiger partial charge < -0.3 is 14.8 Å². The fourth-order valence-corrected chi connectivity index (χ4v) is 6.25. The van der Waals surface area contributed by atoms with Gasteiger partial charge >= 0.3 is 6.18 Å². The zero-order chi connectivity index (χ0) is 27.4. The minimum Gasteiger partial charge on any atom is -0.497 e. The summed E-state index contributed by atoms with van der Waals surface area (Å²) < 4.78 is 54.0. The number of benzene rings is 2. The minimum absolute atomic E-state index is 0.306. The van der Waals surface area contributed by atoms with E-state index < -0.39 is 34.8 Å². The number of carbonyl (C=O) groups is 1. The van der Waals surface area contributed by atoms with E-state index in [1.807, 2.05) is 29.2 Å². The molecule has 0 spiro atoms. The molecule has 1 amide bonds. The zero-order valence-corrected chi connectivity index (χ0v) is 21.9. The summed E-state index contributed by atoms with van der Waals surface area (Å²) in [5, 5.41) is 2.74. The average Bonchev–Trinajstić information content (AvgIpc) is 2.92. The van der Waals surface area contributed by atoms with Gasteiger partial charge in [0.25, 0.3) is 5.91 Å². The van der Waals surface area contributed by atoms with Gasteiger partial charge in [0, 0.05) is 25.6 Å². The van der Waals surface area contributed by atoms with Gasteiger partial charge in [-0.05, 0) is 48.6 Å². The number of alkyl halides is 3. The number of rotatable bonds is 8. The van der Waals surface area contributed by atoms with Crippen LogP contribution >= 0.6 is 0 Å². The molecule has 38 heavy (non-hydrogen) atoms. The molecule has 1 aliphatic carbocycles. The monoisotopic (exact) mass is 528 g/mol. The van der Waals surface area contributed by atoms with Crippen LogP contribution in [-0.2, 0) is 14.9 Å². The smallest absolute Gasteiger partial charge is 0.421 e. The molecule has 4 rings (SSSR count). The lowest BCUT2D eigenvalue weighted by Crippen LogP contribution is -2.70. The number of carbonyl (C=O) groups excluding carboxylic acids is 1. The highest BCUT2D eigenvalue weighted by atomic mass is 19.4. The van der Waals surface area contributed by atoms with Crippen molar-refractivity contribution in [3.63, 3.8) is 0 Å². The molecular weight excluding hydrogens is 493 g/mol. The fraction of sp³-hybridized carbons (Fsp3) is 0.433. The zero-order valence-electron chi connectivity index (χ0n) is 21.9. The largest absolute Gasteiger partial charge is 0.497 e. The van der Waals surface area contributed by atoms with Crippen LogP contribution in [0.5, 0.6) is 5.75 Å². The van der Waals surface area contributed by atoms with Crippen LogP contribution in [0.1, 0.15) is 43.2 Å². The lowest BCUT2D eigenvalue weighted by molar-refractivity contribution is -0.163. The molecule has 2 aliphatic rings. The third-order valence-corrected chi connectivity index (χ3v) is 8.08. The van der Waals surface area contributed by atoms with Crippen molar-refractivity contribution in [1.29, 1.82) is 0 Å². The lowest BCUT2D eigenvalue weighted by Gasteiger charge is -2.60. The molecule has 1 saturated heterocycles. The number of halogens is 3. The van der Waals surface area contributed by atoms with Crippen molar-refractivity contribution in [2.45, 2.75) is 55.5 Å². The van der Waals surface area contributed by atoms with Gasteiger partial charge in [-0.1, -0.05) is 61.4 Å². The first kappa shape index (κ1) is 27.9. The molecule has 2 fully saturated rings. The first-order valence-electron chi connectivity index (χ1n) is 12.9. The van der Waals surface area contributed by atoms with E-state index in [1.165, 1.54) is 12.1 Å². The number of hydrogen-bond acceptors (Lipinski definition) is 4. The number of piperidine rings is 1. The second-order valence-electron chi connectivity index (χ2n) is 10.1. The number of methoxy groups -OCH3 is 2. The topological polar surface area (TPSA) is 50.8 Å². The Balaban J connectivity index is 1.75. The van der Waals surface area contributed by atoms with E-state index in [0.717, 1.165) is 37.3 Å². The van der Waals surface area contributed by atoms with Crippen LogP contribution in [0.4, 0.5) is 13.2 Å². The Morgan fingerprint density at radius 2 is 1.87 bits per heavy atom. The van der Waals surface area contributed by atoms with Gasteiger partial charge in [0.2, 0.25) is 0 Å². The van der Waals surface area contributed by atoms with Gasteiger partial charge in [0.15, 0.2) is 0 Å². The average molecular weight is 529 g/mol. The molecule has 0 aromatic heterocycles. The van der Waals surface area contributed by atoms with Gasteiger partial charge in [-0.2, -0.15) is 13.2 Å². The van der Waals surface area contributed by atoms with Gasteiger partial charge in [-0.15, -0.1) is 6.58 Å². The van der Waals surface area contributed by atoms with Crippen LogP contribution in [0.15, 0.2) is 72.8 Å². The van der Waals surface area contributed by atoms with Crippen molar-refractivity contribution < 1.29 is 27.4 Å². The number of nitrogens with zero attached hydrogens (tertiary/aromatic N) is 1. The molecule has 2 aromatic rings. The van der Waals surface area contributed by atoms with E-state index in [-0.39, 0.29) is 0 Å². The molecular formula is C30H35F3N2O3. The van der Waals surface area contributed by atoms with Crippen LogP contribution in [0.25, 0.3) is 6.08 Å². The predicted octanol–water partition coefficient (Wildman–Crippen LogP) is 5.87. The molecule has 1 saturated carbocycles. The van der Waals surface area contributed by atoms with Crippen molar-refractivity contribution in [2.24, 2.45) is 0 Å². The summed E-state index contributed by atoms with van der Waals surface area (Å²) in [5.41, 5.74) is -1.02. The van der Waals surface area contributed by atoms with Gasteiger partial charge in [-0.25, -0.2) is 0 Å². The van der Waals surface area contributed by atoms with Crippen LogP contribution in [-0.4, -0.2) is 56.1 Å². The number of ether oxygens (including phenoxy) is 2. The third-order valence-electron chi connectivity index (χ3n) is 8.08. The molecule has 1 unspecified atom stereocenters. The highest BCUT2D eigenvalue weighted by Crippen LogP contribution is 2.54. The number of fused-ring (bicyclic) bond motifs is 1. The number of nitrogens with one attached hydrogen (secondary N) is 1. The second kappa shape index (κ2) is 11.3.